The molecule has 2 heterocycles. The molecule has 0 aliphatic carbocycles. The topological polar surface area (TPSA) is 65.8 Å². The van der Waals surface area contributed by atoms with E-state index in [1.165, 1.54) is 10.8 Å². The summed E-state index contributed by atoms with van der Waals surface area (Å²) in [6.07, 6.45) is 0. The molecule has 0 spiro atoms. The van der Waals surface area contributed by atoms with Crippen LogP contribution in [0.3, 0.4) is 0 Å². The van der Waals surface area contributed by atoms with Crippen molar-refractivity contribution in [3.8, 4) is 0 Å². The Bertz CT molecular complexity index is 1100. The van der Waals surface area contributed by atoms with Crippen LogP contribution in [0.15, 0.2) is 52.9 Å². The normalized spacial score (nSPS) is 15.8. The van der Waals surface area contributed by atoms with Crippen LogP contribution in [-0.2, 0) is 4.79 Å². The van der Waals surface area contributed by atoms with E-state index >= 15 is 0 Å². The van der Waals surface area contributed by atoms with E-state index in [0.717, 1.165) is 11.3 Å². The van der Waals surface area contributed by atoms with Gasteiger partial charge in [-0.15, -0.1) is 0 Å². The first-order chi connectivity index (χ1) is 14.9. The van der Waals surface area contributed by atoms with E-state index in [-0.39, 0.29) is 17.9 Å². The average Bonchev–Trinajstić information content (AvgIpc) is 3.11. The quantitative estimate of drug-likeness (QED) is 0.685. The fourth-order valence-corrected chi connectivity index (χ4v) is 4.17. The van der Waals surface area contributed by atoms with Crippen molar-refractivity contribution in [2.24, 2.45) is 0 Å². The van der Waals surface area contributed by atoms with Crippen molar-refractivity contribution in [3.05, 3.63) is 71.2 Å². The highest BCUT2D eigenvalue weighted by atomic mass is 16.3. The van der Waals surface area contributed by atoms with Crippen LogP contribution in [0.4, 0.5) is 0 Å². The Balaban J connectivity index is 1.28. The summed E-state index contributed by atoms with van der Waals surface area (Å²) in [5, 5.41) is 5.47. The Morgan fingerprint density at radius 2 is 1.71 bits per heavy atom. The SMILES string of the molecule is Cc1cc(C(=O)N2CCN(CC(=O)NC(C)c3ccc4ccccc4c3)CC2)c(C)o1. The van der Waals surface area contributed by atoms with Gasteiger partial charge in [0.2, 0.25) is 5.91 Å². The van der Waals surface area contributed by atoms with E-state index in [1.54, 1.807) is 6.07 Å². The number of fused-ring (bicyclic) bond motifs is 1. The zero-order valence-corrected chi connectivity index (χ0v) is 18.4. The number of amides is 2. The molecule has 1 N–H and O–H groups in total. The minimum Gasteiger partial charge on any atom is -0.466 e. The molecule has 1 unspecified atom stereocenters. The van der Waals surface area contributed by atoms with Gasteiger partial charge in [-0.3, -0.25) is 14.5 Å². The molecule has 6 heteroatoms. The molecule has 1 aliphatic heterocycles. The van der Waals surface area contributed by atoms with Crippen LogP contribution in [0.1, 0.15) is 40.4 Å². The third-order valence-electron chi connectivity index (χ3n) is 5.95. The molecule has 1 saturated heterocycles. The van der Waals surface area contributed by atoms with E-state index in [0.29, 0.717) is 44.0 Å². The van der Waals surface area contributed by atoms with Crippen molar-refractivity contribution >= 4 is 22.6 Å². The summed E-state index contributed by atoms with van der Waals surface area (Å²) in [4.78, 5) is 29.3. The number of benzene rings is 2. The lowest BCUT2D eigenvalue weighted by molar-refractivity contribution is -0.123. The molecule has 0 radical (unpaired) electrons. The number of nitrogens with zero attached hydrogens (tertiary/aromatic N) is 2. The second-order valence-electron chi connectivity index (χ2n) is 8.29. The highest BCUT2D eigenvalue weighted by molar-refractivity contribution is 5.95. The summed E-state index contributed by atoms with van der Waals surface area (Å²) in [6, 6.07) is 16.2. The summed E-state index contributed by atoms with van der Waals surface area (Å²) >= 11 is 0. The van der Waals surface area contributed by atoms with Crippen LogP contribution in [0.2, 0.25) is 0 Å². The van der Waals surface area contributed by atoms with Gasteiger partial charge in [-0.05, 0) is 49.2 Å². The van der Waals surface area contributed by atoms with Crippen LogP contribution in [-0.4, -0.2) is 54.3 Å². The van der Waals surface area contributed by atoms with Crippen molar-refractivity contribution < 1.29 is 14.0 Å². The van der Waals surface area contributed by atoms with Gasteiger partial charge in [0.25, 0.3) is 5.91 Å². The van der Waals surface area contributed by atoms with E-state index in [9.17, 15) is 9.59 Å². The maximum Gasteiger partial charge on any atom is 0.257 e. The Morgan fingerprint density at radius 1 is 1.00 bits per heavy atom. The number of hydrogen-bond acceptors (Lipinski definition) is 4. The third kappa shape index (κ3) is 4.80. The number of rotatable bonds is 5. The smallest absolute Gasteiger partial charge is 0.257 e. The molecule has 31 heavy (non-hydrogen) atoms. The van der Waals surface area contributed by atoms with Gasteiger partial charge in [0.05, 0.1) is 18.2 Å². The molecule has 3 aromatic rings. The largest absolute Gasteiger partial charge is 0.466 e. The van der Waals surface area contributed by atoms with Crippen molar-refractivity contribution in [1.29, 1.82) is 0 Å². The maximum absolute atomic E-state index is 12.7. The number of carbonyl (C=O) groups excluding carboxylic acids is 2. The molecule has 1 aliphatic rings. The highest BCUT2D eigenvalue weighted by Gasteiger charge is 2.25. The van der Waals surface area contributed by atoms with Crippen molar-refractivity contribution in [1.82, 2.24) is 15.1 Å². The lowest BCUT2D eigenvalue weighted by Crippen LogP contribution is -2.51. The summed E-state index contributed by atoms with van der Waals surface area (Å²) in [6.45, 7) is 8.58. The number of furan rings is 1. The Morgan fingerprint density at radius 3 is 2.39 bits per heavy atom. The fraction of sp³-hybridized carbons (Fsp3) is 0.360. The van der Waals surface area contributed by atoms with Crippen LogP contribution in [0.25, 0.3) is 10.8 Å². The van der Waals surface area contributed by atoms with E-state index in [1.807, 2.05) is 37.8 Å². The first-order valence-corrected chi connectivity index (χ1v) is 10.8. The predicted molar refractivity (Wildman–Crippen MR) is 121 cm³/mol. The van der Waals surface area contributed by atoms with Gasteiger partial charge >= 0.3 is 0 Å². The van der Waals surface area contributed by atoms with E-state index < -0.39 is 0 Å². The van der Waals surface area contributed by atoms with Gasteiger partial charge in [0.15, 0.2) is 0 Å². The molecular weight excluding hydrogens is 390 g/mol. The molecule has 2 aromatic carbocycles. The molecule has 1 aromatic heterocycles. The molecular formula is C25H29N3O3. The Hall–Kier alpha value is -3.12. The minimum atomic E-state index is -0.0627. The van der Waals surface area contributed by atoms with Gasteiger partial charge in [-0.25, -0.2) is 0 Å². The zero-order chi connectivity index (χ0) is 22.0. The van der Waals surface area contributed by atoms with Gasteiger partial charge in [-0.2, -0.15) is 0 Å². The number of piperazine rings is 1. The first-order valence-electron chi connectivity index (χ1n) is 10.8. The third-order valence-corrected chi connectivity index (χ3v) is 5.95. The monoisotopic (exact) mass is 419 g/mol. The number of carbonyl (C=O) groups is 2. The van der Waals surface area contributed by atoms with Gasteiger partial charge in [-0.1, -0.05) is 36.4 Å². The zero-order valence-electron chi connectivity index (χ0n) is 18.4. The molecule has 0 saturated carbocycles. The van der Waals surface area contributed by atoms with Crippen molar-refractivity contribution in [2.45, 2.75) is 26.8 Å². The Labute approximate surface area is 182 Å². The summed E-state index contributed by atoms with van der Waals surface area (Å²) in [7, 11) is 0. The number of aryl methyl sites for hydroxylation is 2. The van der Waals surface area contributed by atoms with Crippen LogP contribution >= 0.6 is 0 Å². The van der Waals surface area contributed by atoms with Crippen LogP contribution in [0, 0.1) is 13.8 Å². The summed E-state index contributed by atoms with van der Waals surface area (Å²) in [5.41, 5.74) is 1.72. The first kappa shape index (κ1) is 21.1. The van der Waals surface area contributed by atoms with Crippen LogP contribution < -0.4 is 5.32 Å². The molecule has 0 bridgehead atoms. The standard InChI is InChI=1S/C25H29N3O3/c1-17-14-23(19(3)31-17)25(30)28-12-10-27(11-13-28)16-24(29)26-18(2)21-9-8-20-6-4-5-7-22(20)15-21/h4-9,14-15,18H,10-13,16H2,1-3H3,(H,26,29). The van der Waals surface area contributed by atoms with Crippen LogP contribution in [0.5, 0.6) is 0 Å². The average molecular weight is 420 g/mol. The van der Waals surface area contributed by atoms with Crippen molar-refractivity contribution in [3.63, 3.8) is 0 Å². The second-order valence-corrected chi connectivity index (χ2v) is 8.29. The van der Waals surface area contributed by atoms with E-state index in [2.05, 4.69) is 40.5 Å². The molecule has 1 atom stereocenters. The lowest BCUT2D eigenvalue weighted by Gasteiger charge is -2.34. The summed E-state index contributed by atoms with van der Waals surface area (Å²) < 4.78 is 5.49. The van der Waals surface area contributed by atoms with Crippen molar-refractivity contribution in [2.75, 3.05) is 32.7 Å². The van der Waals surface area contributed by atoms with Gasteiger partial charge in [0, 0.05) is 26.2 Å². The lowest BCUT2D eigenvalue weighted by atomic mass is 10.0. The molecule has 162 valence electrons. The Kier molecular flexibility index (Phi) is 6.09. The van der Waals surface area contributed by atoms with E-state index in [4.69, 9.17) is 4.42 Å². The molecule has 1 fully saturated rings. The second kappa shape index (κ2) is 8.94. The maximum atomic E-state index is 12.7. The molecule has 4 rings (SSSR count). The number of nitrogens with one attached hydrogen (secondary N) is 1. The molecule has 2 amide bonds. The molecule has 6 nitrogen and oxygen atoms in total. The predicted octanol–water partition coefficient (Wildman–Crippen LogP) is 3.68. The highest BCUT2D eigenvalue weighted by Crippen LogP contribution is 2.20. The fourth-order valence-electron chi connectivity index (χ4n) is 4.17. The minimum absolute atomic E-state index is 0.00161. The number of hydrogen-bond donors (Lipinski definition) is 1. The van der Waals surface area contributed by atoms with Gasteiger partial charge in [0.1, 0.15) is 11.5 Å². The van der Waals surface area contributed by atoms with Gasteiger partial charge < -0.3 is 14.6 Å². The summed E-state index contributed by atoms with van der Waals surface area (Å²) in [5.74, 6) is 1.41.